The van der Waals surface area contributed by atoms with E-state index in [1.165, 1.54) is 0 Å². The molecule has 0 bridgehead atoms. The molecule has 0 amide bonds. The summed E-state index contributed by atoms with van der Waals surface area (Å²) in [5, 5.41) is 9.38. The van der Waals surface area contributed by atoms with Crippen molar-refractivity contribution in [2.45, 2.75) is 50.4 Å². The molecule has 0 atom stereocenters. The molecule has 1 aliphatic carbocycles. The zero-order valence-electron chi connectivity index (χ0n) is 8.00. The van der Waals surface area contributed by atoms with Crippen LogP contribution in [0.25, 0.3) is 0 Å². The average molecular weight is 186 g/mol. The number of rotatable bonds is 0. The summed E-state index contributed by atoms with van der Waals surface area (Å²) in [5.41, 5.74) is 0. The van der Waals surface area contributed by atoms with Crippen molar-refractivity contribution in [3.63, 3.8) is 0 Å². The Kier molecular flexibility index (Phi) is 2.86. The first-order valence-corrected chi connectivity index (χ1v) is 5.27. The van der Waals surface area contributed by atoms with Gasteiger partial charge in [-0.1, -0.05) is 0 Å². The minimum Gasteiger partial charge on any atom is -0.393 e. The first-order chi connectivity index (χ1) is 6.31. The van der Waals surface area contributed by atoms with Gasteiger partial charge in [-0.3, -0.25) is 0 Å². The van der Waals surface area contributed by atoms with Crippen molar-refractivity contribution < 1.29 is 14.6 Å². The maximum absolute atomic E-state index is 9.38. The second-order valence-corrected chi connectivity index (χ2v) is 4.05. The number of hydrogen-bond acceptors (Lipinski definition) is 3. The molecule has 0 radical (unpaired) electrons. The lowest BCUT2D eigenvalue weighted by atomic mass is 9.92. The molecule has 3 nitrogen and oxygen atoms in total. The van der Waals surface area contributed by atoms with Crippen LogP contribution in [-0.2, 0) is 9.47 Å². The van der Waals surface area contributed by atoms with Gasteiger partial charge in [0.2, 0.25) is 0 Å². The standard InChI is InChI=1S/C10H18O3/c11-9-3-5-10(6-4-9)12-7-1-2-8-13-10/h9,11H,1-8H2. The highest BCUT2D eigenvalue weighted by atomic mass is 16.7. The van der Waals surface area contributed by atoms with E-state index in [0.717, 1.165) is 51.7 Å². The monoisotopic (exact) mass is 186 g/mol. The Bertz CT molecular complexity index is 152. The third-order valence-electron chi connectivity index (χ3n) is 2.99. The van der Waals surface area contributed by atoms with Crippen LogP contribution < -0.4 is 0 Å². The lowest BCUT2D eigenvalue weighted by Crippen LogP contribution is -2.40. The van der Waals surface area contributed by atoms with Gasteiger partial charge in [0.1, 0.15) is 0 Å². The van der Waals surface area contributed by atoms with Gasteiger partial charge in [-0.05, 0) is 25.7 Å². The van der Waals surface area contributed by atoms with E-state index in [-0.39, 0.29) is 11.9 Å². The Hall–Kier alpha value is -0.120. The number of ether oxygens (including phenoxy) is 2. The molecule has 0 aromatic heterocycles. The summed E-state index contributed by atoms with van der Waals surface area (Å²) in [4.78, 5) is 0. The van der Waals surface area contributed by atoms with Crippen LogP contribution in [0.2, 0.25) is 0 Å². The molecule has 2 fully saturated rings. The normalized spacial score (nSPS) is 30.2. The fourth-order valence-corrected chi connectivity index (χ4v) is 2.09. The molecule has 1 spiro atoms. The predicted molar refractivity (Wildman–Crippen MR) is 48.3 cm³/mol. The van der Waals surface area contributed by atoms with Crippen LogP contribution in [-0.4, -0.2) is 30.2 Å². The summed E-state index contributed by atoms with van der Waals surface area (Å²) < 4.78 is 11.5. The van der Waals surface area contributed by atoms with Crippen LogP contribution in [0.4, 0.5) is 0 Å². The molecule has 1 N–H and O–H groups in total. The summed E-state index contributed by atoms with van der Waals surface area (Å²) in [6, 6.07) is 0. The van der Waals surface area contributed by atoms with E-state index < -0.39 is 0 Å². The van der Waals surface area contributed by atoms with Gasteiger partial charge in [0.05, 0.1) is 19.3 Å². The van der Waals surface area contributed by atoms with Gasteiger partial charge >= 0.3 is 0 Å². The van der Waals surface area contributed by atoms with Gasteiger partial charge in [0.15, 0.2) is 5.79 Å². The van der Waals surface area contributed by atoms with Crippen LogP contribution in [0, 0.1) is 0 Å². The van der Waals surface area contributed by atoms with Gasteiger partial charge in [-0.2, -0.15) is 0 Å². The van der Waals surface area contributed by atoms with Crippen LogP contribution >= 0.6 is 0 Å². The minimum absolute atomic E-state index is 0.138. The van der Waals surface area contributed by atoms with Gasteiger partial charge in [0, 0.05) is 12.8 Å². The molecule has 1 saturated carbocycles. The first-order valence-electron chi connectivity index (χ1n) is 5.27. The SMILES string of the molecule is OC1CCC2(CC1)OCCCCO2. The third kappa shape index (κ3) is 2.22. The van der Waals surface area contributed by atoms with Gasteiger partial charge in [0.25, 0.3) is 0 Å². The molecule has 1 aliphatic heterocycles. The van der Waals surface area contributed by atoms with Crippen molar-refractivity contribution in [2.75, 3.05) is 13.2 Å². The number of aliphatic hydroxyl groups excluding tert-OH is 1. The molecular formula is C10H18O3. The lowest BCUT2D eigenvalue weighted by molar-refractivity contribution is -0.247. The van der Waals surface area contributed by atoms with Gasteiger partial charge in [-0.25, -0.2) is 0 Å². The van der Waals surface area contributed by atoms with Crippen molar-refractivity contribution >= 4 is 0 Å². The molecule has 13 heavy (non-hydrogen) atoms. The fourth-order valence-electron chi connectivity index (χ4n) is 2.09. The lowest BCUT2D eigenvalue weighted by Gasteiger charge is -2.37. The summed E-state index contributed by atoms with van der Waals surface area (Å²) in [5.74, 6) is -0.338. The summed E-state index contributed by atoms with van der Waals surface area (Å²) >= 11 is 0. The second kappa shape index (κ2) is 3.95. The van der Waals surface area contributed by atoms with Crippen molar-refractivity contribution in [3.05, 3.63) is 0 Å². The molecule has 76 valence electrons. The van der Waals surface area contributed by atoms with E-state index in [9.17, 15) is 5.11 Å². The fraction of sp³-hybridized carbons (Fsp3) is 1.00. The van der Waals surface area contributed by atoms with E-state index in [2.05, 4.69) is 0 Å². The van der Waals surface area contributed by atoms with Crippen molar-refractivity contribution in [2.24, 2.45) is 0 Å². The molecule has 2 rings (SSSR count). The van der Waals surface area contributed by atoms with Crippen molar-refractivity contribution in [1.82, 2.24) is 0 Å². The predicted octanol–water partition coefficient (Wildman–Crippen LogP) is 1.44. The van der Waals surface area contributed by atoms with Gasteiger partial charge in [-0.15, -0.1) is 0 Å². The van der Waals surface area contributed by atoms with E-state index in [4.69, 9.17) is 9.47 Å². The van der Waals surface area contributed by atoms with Gasteiger partial charge < -0.3 is 14.6 Å². The average Bonchev–Trinajstić information content (AvgIpc) is 2.37. The maximum Gasteiger partial charge on any atom is 0.168 e. The molecule has 0 aromatic carbocycles. The summed E-state index contributed by atoms with van der Waals surface area (Å²) in [7, 11) is 0. The molecule has 1 heterocycles. The number of aliphatic hydroxyl groups is 1. The van der Waals surface area contributed by atoms with E-state index >= 15 is 0 Å². The highest BCUT2D eigenvalue weighted by molar-refractivity contribution is 4.80. The van der Waals surface area contributed by atoms with Crippen molar-refractivity contribution in [1.29, 1.82) is 0 Å². The Morgan fingerprint density at radius 2 is 1.54 bits per heavy atom. The molecule has 3 heteroatoms. The second-order valence-electron chi connectivity index (χ2n) is 4.05. The first kappa shape index (κ1) is 9.44. The van der Waals surface area contributed by atoms with Crippen LogP contribution in [0.3, 0.4) is 0 Å². The highest BCUT2D eigenvalue weighted by Crippen LogP contribution is 2.34. The largest absolute Gasteiger partial charge is 0.393 e. The van der Waals surface area contributed by atoms with Crippen LogP contribution in [0.1, 0.15) is 38.5 Å². The Balaban J connectivity index is 1.93. The van der Waals surface area contributed by atoms with E-state index in [1.807, 2.05) is 0 Å². The Morgan fingerprint density at radius 3 is 2.08 bits per heavy atom. The third-order valence-corrected chi connectivity index (χ3v) is 2.99. The molecule has 1 saturated heterocycles. The number of hydrogen-bond donors (Lipinski definition) is 1. The van der Waals surface area contributed by atoms with Crippen LogP contribution in [0.15, 0.2) is 0 Å². The molecular weight excluding hydrogens is 168 g/mol. The zero-order valence-corrected chi connectivity index (χ0v) is 8.00. The smallest absolute Gasteiger partial charge is 0.168 e. The van der Waals surface area contributed by atoms with E-state index in [0.29, 0.717) is 0 Å². The summed E-state index contributed by atoms with van der Waals surface area (Å²) in [6.07, 6.45) is 5.41. The van der Waals surface area contributed by atoms with E-state index in [1.54, 1.807) is 0 Å². The molecule has 0 unspecified atom stereocenters. The van der Waals surface area contributed by atoms with Crippen molar-refractivity contribution in [3.8, 4) is 0 Å². The topological polar surface area (TPSA) is 38.7 Å². The molecule has 2 aliphatic rings. The molecule has 0 aromatic rings. The summed E-state index contributed by atoms with van der Waals surface area (Å²) in [6.45, 7) is 1.63. The minimum atomic E-state index is -0.338. The maximum atomic E-state index is 9.38. The zero-order chi connectivity index (χ0) is 9.15. The highest BCUT2D eigenvalue weighted by Gasteiger charge is 2.37. The van der Waals surface area contributed by atoms with Crippen LogP contribution in [0.5, 0.6) is 0 Å². The quantitative estimate of drug-likeness (QED) is 0.622. The Labute approximate surface area is 79.0 Å². The Morgan fingerprint density at radius 1 is 1.00 bits per heavy atom.